The van der Waals surface area contributed by atoms with Crippen molar-refractivity contribution in [2.24, 2.45) is 0 Å². The van der Waals surface area contributed by atoms with Gasteiger partial charge in [-0.15, -0.1) is 0 Å². The van der Waals surface area contributed by atoms with Crippen molar-refractivity contribution in [2.75, 3.05) is 23.8 Å². The molecule has 2 amide bonds. The Labute approximate surface area is 264 Å². The number of rotatable bonds is 11. The highest BCUT2D eigenvalue weighted by atomic mass is 19.4. The van der Waals surface area contributed by atoms with Crippen molar-refractivity contribution in [3.63, 3.8) is 0 Å². The number of anilines is 2. The molecule has 0 aliphatic carbocycles. The summed E-state index contributed by atoms with van der Waals surface area (Å²) in [5, 5.41) is 12.8. The third kappa shape index (κ3) is 10.4. The molecule has 0 radical (unpaired) electrons. The van der Waals surface area contributed by atoms with E-state index >= 15 is 0 Å². The number of carbonyl (C=O) groups is 3. The number of carboxylic acid groups (broad SMARTS) is 1. The minimum Gasteiger partial charge on any atom is -0.483 e. The van der Waals surface area contributed by atoms with Crippen LogP contribution in [0.15, 0.2) is 48.5 Å². The Bertz CT molecular complexity index is 1620. The van der Waals surface area contributed by atoms with Gasteiger partial charge in [0, 0.05) is 23.9 Å². The number of nitrogens with zero attached hydrogens (tertiary/aromatic N) is 1. The van der Waals surface area contributed by atoms with Gasteiger partial charge in [-0.3, -0.25) is 19.9 Å². The zero-order valence-corrected chi connectivity index (χ0v) is 24.8. The van der Waals surface area contributed by atoms with Gasteiger partial charge < -0.3 is 24.6 Å². The Morgan fingerprint density at radius 3 is 2.38 bits per heavy atom. The number of carbonyl (C=O) groups excluding carboxylic acids is 2. The van der Waals surface area contributed by atoms with Crippen LogP contribution in [0.2, 0.25) is 0 Å². The van der Waals surface area contributed by atoms with Gasteiger partial charge in [-0.1, -0.05) is 18.2 Å². The Kier molecular flexibility index (Phi) is 11.1. The molecule has 10 nitrogen and oxygen atoms in total. The lowest BCUT2D eigenvalue weighted by Crippen LogP contribution is -2.22. The molecule has 2 heterocycles. The third-order valence-corrected chi connectivity index (χ3v) is 6.73. The molecule has 1 atom stereocenters. The van der Waals surface area contributed by atoms with Gasteiger partial charge in [0.15, 0.2) is 18.7 Å². The van der Waals surface area contributed by atoms with Gasteiger partial charge in [0.25, 0.3) is 0 Å². The molecule has 16 heteroatoms. The Hall–Kier alpha value is -4.70. The van der Waals surface area contributed by atoms with Crippen molar-refractivity contribution in [3.8, 4) is 16.9 Å². The molecular formula is C31H29F6N3O7. The number of ketones is 1. The second-order valence-corrected chi connectivity index (χ2v) is 10.6. The SMILES string of the molecule is Cc1cc(-c2cccc(C(=O)CC(=O)Nc3cc(C(F)(F)F)c(OCC(F)(F)F)cc3NC(=O)O)c2)cc(COC2CCCCO2)n1. The van der Waals surface area contributed by atoms with E-state index in [1.165, 1.54) is 12.1 Å². The molecule has 1 aromatic heterocycles. The molecule has 3 N–H and O–H groups in total. The van der Waals surface area contributed by atoms with Crippen LogP contribution in [0.25, 0.3) is 11.1 Å². The van der Waals surface area contributed by atoms with Crippen LogP contribution in [0.5, 0.6) is 5.75 Å². The smallest absolute Gasteiger partial charge is 0.422 e. The first-order chi connectivity index (χ1) is 22.1. The number of nitrogens with one attached hydrogen (secondary N) is 2. The molecule has 1 fully saturated rings. The first-order valence-electron chi connectivity index (χ1n) is 14.2. The first-order valence-corrected chi connectivity index (χ1v) is 14.2. The van der Waals surface area contributed by atoms with Gasteiger partial charge in [0.2, 0.25) is 5.91 Å². The molecule has 0 saturated carbocycles. The normalized spacial score (nSPS) is 15.2. The number of benzene rings is 2. The summed E-state index contributed by atoms with van der Waals surface area (Å²) in [6, 6.07) is 10.4. The Morgan fingerprint density at radius 2 is 1.72 bits per heavy atom. The number of Topliss-reactive ketones (excluding diaryl/α,β-unsaturated/α-hetero) is 1. The van der Waals surface area contributed by atoms with E-state index in [0.29, 0.717) is 35.2 Å². The summed E-state index contributed by atoms with van der Waals surface area (Å²) < 4.78 is 94.6. The highest BCUT2D eigenvalue weighted by Gasteiger charge is 2.38. The Balaban J connectivity index is 1.51. The van der Waals surface area contributed by atoms with Gasteiger partial charge in [0.05, 0.1) is 35.7 Å². The molecule has 0 bridgehead atoms. The van der Waals surface area contributed by atoms with Gasteiger partial charge in [-0.25, -0.2) is 4.79 Å². The maximum absolute atomic E-state index is 13.7. The summed E-state index contributed by atoms with van der Waals surface area (Å²) in [6.45, 7) is 0.515. The molecule has 1 aliphatic rings. The number of hydrogen-bond donors (Lipinski definition) is 3. The fraction of sp³-hybridized carbons (Fsp3) is 0.355. The fourth-order valence-corrected chi connectivity index (χ4v) is 4.72. The lowest BCUT2D eigenvalue weighted by atomic mass is 9.99. The number of halogens is 6. The lowest BCUT2D eigenvalue weighted by Gasteiger charge is -2.22. The highest BCUT2D eigenvalue weighted by Crippen LogP contribution is 2.42. The van der Waals surface area contributed by atoms with E-state index in [1.807, 2.05) is 5.32 Å². The topological polar surface area (TPSA) is 136 Å². The van der Waals surface area contributed by atoms with Gasteiger partial charge >= 0.3 is 18.4 Å². The van der Waals surface area contributed by atoms with Crippen LogP contribution in [0, 0.1) is 6.92 Å². The molecule has 1 aliphatic heterocycles. The molecule has 2 aromatic carbocycles. The zero-order valence-electron chi connectivity index (χ0n) is 24.8. The average molecular weight is 670 g/mol. The monoisotopic (exact) mass is 669 g/mol. The van der Waals surface area contributed by atoms with Crippen LogP contribution in [-0.2, 0) is 27.1 Å². The van der Waals surface area contributed by atoms with E-state index < -0.39 is 65.9 Å². The number of pyridine rings is 1. The molecule has 0 spiro atoms. The summed E-state index contributed by atoms with van der Waals surface area (Å²) >= 11 is 0. The number of ether oxygens (including phenoxy) is 3. The highest BCUT2D eigenvalue weighted by molar-refractivity contribution is 6.12. The van der Waals surface area contributed by atoms with E-state index in [2.05, 4.69) is 9.72 Å². The van der Waals surface area contributed by atoms with Gasteiger partial charge in [-0.05, 0) is 61.6 Å². The fourth-order valence-electron chi connectivity index (χ4n) is 4.72. The van der Waals surface area contributed by atoms with Crippen molar-refractivity contribution < 1.29 is 60.0 Å². The summed E-state index contributed by atoms with van der Waals surface area (Å²) in [6.07, 6.45) is -10.5. The van der Waals surface area contributed by atoms with E-state index in [-0.39, 0.29) is 24.5 Å². The first kappa shape index (κ1) is 35.2. The van der Waals surface area contributed by atoms with Crippen LogP contribution in [0.3, 0.4) is 0 Å². The molecule has 47 heavy (non-hydrogen) atoms. The number of aryl methyl sites for hydroxylation is 1. The Morgan fingerprint density at radius 1 is 0.979 bits per heavy atom. The van der Waals surface area contributed by atoms with Crippen molar-refractivity contribution in [1.29, 1.82) is 0 Å². The third-order valence-electron chi connectivity index (χ3n) is 6.73. The van der Waals surface area contributed by atoms with E-state index in [9.17, 15) is 40.7 Å². The minimum absolute atomic E-state index is 0.0938. The zero-order chi connectivity index (χ0) is 34.4. The van der Waals surface area contributed by atoms with Crippen LogP contribution < -0.4 is 15.4 Å². The van der Waals surface area contributed by atoms with Gasteiger partial charge in [0.1, 0.15) is 5.75 Å². The number of alkyl halides is 6. The quantitative estimate of drug-likeness (QED) is 0.110. The molecule has 3 aromatic rings. The number of aromatic nitrogens is 1. The van der Waals surface area contributed by atoms with E-state index in [0.717, 1.165) is 19.3 Å². The number of amides is 2. The molecule has 4 rings (SSSR count). The van der Waals surface area contributed by atoms with Crippen LogP contribution in [0.4, 0.5) is 42.5 Å². The largest absolute Gasteiger partial charge is 0.483 e. The van der Waals surface area contributed by atoms with Crippen molar-refractivity contribution >= 4 is 29.2 Å². The van der Waals surface area contributed by atoms with E-state index in [4.69, 9.17) is 14.6 Å². The maximum atomic E-state index is 13.7. The summed E-state index contributed by atoms with van der Waals surface area (Å²) in [5.41, 5.74) is -0.470. The van der Waals surface area contributed by atoms with Gasteiger partial charge in [-0.2, -0.15) is 26.3 Å². The van der Waals surface area contributed by atoms with Crippen molar-refractivity contribution in [2.45, 2.75) is 57.9 Å². The predicted octanol–water partition coefficient (Wildman–Crippen LogP) is 7.36. The molecule has 1 saturated heterocycles. The van der Waals surface area contributed by atoms with Crippen LogP contribution in [-0.4, -0.2) is 53.6 Å². The van der Waals surface area contributed by atoms with Crippen LogP contribution >= 0.6 is 0 Å². The maximum Gasteiger partial charge on any atom is 0.422 e. The predicted molar refractivity (Wildman–Crippen MR) is 155 cm³/mol. The second kappa shape index (κ2) is 14.8. The molecular weight excluding hydrogens is 640 g/mol. The molecule has 252 valence electrons. The summed E-state index contributed by atoms with van der Waals surface area (Å²) in [4.78, 5) is 41.5. The van der Waals surface area contributed by atoms with Crippen molar-refractivity contribution in [1.82, 2.24) is 4.98 Å². The number of hydrogen-bond acceptors (Lipinski definition) is 7. The van der Waals surface area contributed by atoms with Crippen molar-refractivity contribution in [3.05, 3.63) is 71.0 Å². The van der Waals surface area contributed by atoms with E-state index in [1.54, 1.807) is 36.5 Å². The standard InChI is InChI=1S/C31H29F6N3O7/c1-17-9-20(11-21(38-17)15-46-28-7-2-3-8-45-28)18-5-4-6-19(10-18)25(41)14-27(42)39-23-12-22(31(35,36)37)26(47-16-30(32,33)34)13-24(23)40-29(43)44/h4-6,9-13,28,40H,2-3,7-8,14-16H2,1H3,(H,39,42)(H,43,44). The van der Waals surface area contributed by atoms with Crippen LogP contribution in [0.1, 0.15) is 53.0 Å². The summed E-state index contributed by atoms with van der Waals surface area (Å²) in [7, 11) is 0. The second-order valence-electron chi connectivity index (χ2n) is 10.6. The summed E-state index contributed by atoms with van der Waals surface area (Å²) in [5.74, 6) is -3.16. The average Bonchev–Trinajstić information content (AvgIpc) is 2.99. The molecule has 1 unspecified atom stereocenters. The minimum atomic E-state index is -5.25. The lowest BCUT2D eigenvalue weighted by molar-refractivity contribution is -0.169.